The summed E-state index contributed by atoms with van der Waals surface area (Å²) in [7, 11) is 1.32. The molecule has 0 radical (unpaired) electrons. The lowest BCUT2D eigenvalue weighted by molar-refractivity contribution is -0.124. The second kappa shape index (κ2) is 10.3. The van der Waals surface area contributed by atoms with Crippen LogP contribution in [-0.4, -0.2) is 42.8 Å². The van der Waals surface area contributed by atoms with Crippen molar-refractivity contribution >= 4 is 17.6 Å². The number of hydrogen-bond donors (Lipinski definition) is 1. The highest BCUT2D eigenvalue weighted by Gasteiger charge is 2.36. The lowest BCUT2D eigenvalue weighted by Crippen LogP contribution is -2.47. The first-order valence-electron chi connectivity index (χ1n) is 11.3. The zero-order chi connectivity index (χ0) is 21.7. The van der Waals surface area contributed by atoms with Gasteiger partial charge in [-0.2, -0.15) is 0 Å². The number of rotatable bonds is 6. The van der Waals surface area contributed by atoms with Crippen molar-refractivity contribution < 1.29 is 24.2 Å². The summed E-state index contributed by atoms with van der Waals surface area (Å²) < 4.78 is 10.7. The van der Waals surface area contributed by atoms with Crippen LogP contribution >= 0.6 is 0 Å². The molecule has 0 unspecified atom stereocenters. The van der Waals surface area contributed by atoms with Crippen LogP contribution in [-0.2, 0) is 14.3 Å². The normalized spacial score (nSPS) is 26.8. The van der Waals surface area contributed by atoms with Crippen molar-refractivity contribution in [3.8, 4) is 5.75 Å². The van der Waals surface area contributed by atoms with E-state index in [-0.39, 0.29) is 35.3 Å². The van der Waals surface area contributed by atoms with E-state index in [1.54, 1.807) is 6.07 Å². The minimum atomic E-state index is -0.543. The van der Waals surface area contributed by atoms with E-state index in [4.69, 9.17) is 9.47 Å². The van der Waals surface area contributed by atoms with Gasteiger partial charge in [0, 0.05) is 18.6 Å². The van der Waals surface area contributed by atoms with Gasteiger partial charge >= 0.3 is 5.97 Å². The maximum absolute atomic E-state index is 13.7. The quantitative estimate of drug-likeness (QED) is 0.680. The van der Waals surface area contributed by atoms with Gasteiger partial charge in [0.15, 0.2) is 0 Å². The van der Waals surface area contributed by atoms with Gasteiger partial charge in [0.1, 0.15) is 5.75 Å². The van der Waals surface area contributed by atoms with Crippen LogP contribution in [0.2, 0.25) is 0 Å². The van der Waals surface area contributed by atoms with Gasteiger partial charge in [-0.3, -0.25) is 4.79 Å². The molecule has 0 heterocycles. The molecule has 0 atom stereocenters. The van der Waals surface area contributed by atoms with Gasteiger partial charge in [-0.05, 0) is 82.4 Å². The highest BCUT2D eigenvalue weighted by molar-refractivity contribution is 6.04. The largest absolute Gasteiger partial charge is 0.508 e. The Kier molecular flexibility index (Phi) is 7.75. The molecule has 166 valence electrons. The summed E-state index contributed by atoms with van der Waals surface area (Å²) in [5.41, 5.74) is 0.782. The van der Waals surface area contributed by atoms with Crippen molar-refractivity contribution in [1.82, 2.24) is 0 Å². The predicted molar refractivity (Wildman–Crippen MR) is 116 cm³/mol. The molecule has 1 aromatic carbocycles. The number of phenols is 1. The molecule has 30 heavy (non-hydrogen) atoms. The fourth-order valence-electron chi connectivity index (χ4n) is 4.91. The number of phenolic OH excluding ortho intramolecular Hbond substituents is 1. The zero-order valence-corrected chi connectivity index (χ0v) is 18.4. The maximum Gasteiger partial charge on any atom is 0.340 e. The Morgan fingerprint density at radius 2 is 1.73 bits per heavy atom. The Morgan fingerprint density at radius 1 is 1.07 bits per heavy atom. The van der Waals surface area contributed by atoms with Gasteiger partial charge < -0.3 is 19.5 Å². The second-order valence-corrected chi connectivity index (χ2v) is 8.74. The first-order valence-corrected chi connectivity index (χ1v) is 11.3. The maximum atomic E-state index is 13.7. The third-order valence-electron chi connectivity index (χ3n) is 6.66. The molecule has 2 aliphatic carbocycles. The van der Waals surface area contributed by atoms with Crippen molar-refractivity contribution in [1.29, 1.82) is 0 Å². The Hall–Kier alpha value is -2.08. The molecule has 1 amide bonds. The number of ether oxygens (including phenoxy) is 2. The van der Waals surface area contributed by atoms with Gasteiger partial charge in [-0.15, -0.1) is 0 Å². The molecule has 2 fully saturated rings. The van der Waals surface area contributed by atoms with E-state index in [2.05, 4.69) is 6.92 Å². The number of aromatic hydroxyl groups is 1. The van der Waals surface area contributed by atoms with E-state index in [0.29, 0.717) is 18.2 Å². The number of hydrogen-bond acceptors (Lipinski definition) is 5. The van der Waals surface area contributed by atoms with Crippen molar-refractivity contribution in [3.63, 3.8) is 0 Å². The molecule has 0 saturated heterocycles. The number of esters is 1. The average molecular weight is 418 g/mol. The number of carbonyl (C=O) groups excluding carboxylic acids is 2. The van der Waals surface area contributed by atoms with Crippen molar-refractivity contribution in [3.05, 3.63) is 23.8 Å². The molecule has 0 spiro atoms. The predicted octanol–water partition coefficient (Wildman–Crippen LogP) is 4.69. The fourth-order valence-corrected chi connectivity index (χ4v) is 4.91. The number of methoxy groups -OCH3 is 1. The van der Waals surface area contributed by atoms with Gasteiger partial charge in [-0.1, -0.05) is 6.92 Å². The summed E-state index contributed by atoms with van der Waals surface area (Å²) in [6, 6.07) is 4.63. The van der Waals surface area contributed by atoms with Crippen LogP contribution in [0.1, 0.15) is 75.6 Å². The molecule has 3 rings (SSSR count). The molecular weight excluding hydrogens is 382 g/mol. The van der Waals surface area contributed by atoms with E-state index >= 15 is 0 Å². The topological polar surface area (TPSA) is 76.1 Å². The molecule has 0 aliphatic heterocycles. The van der Waals surface area contributed by atoms with E-state index in [0.717, 1.165) is 51.4 Å². The summed E-state index contributed by atoms with van der Waals surface area (Å²) in [6.07, 6.45) is 7.58. The Labute approximate surface area is 179 Å². The summed E-state index contributed by atoms with van der Waals surface area (Å²) in [5.74, 6) is 0.170. The second-order valence-electron chi connectivity index (χ2n) is 8.74. The SMILES string of the molecule is CCOC1CCC(N(C(=O)C2CCC(C)CC2)c2ccc(O)cc2C(=O)OC)CC1. The minimum absolute atomic E-state index is 0.0153. The minimum Gasteiger partial charge on any atom is -0.508 e. The van der Waals surface area contributed by atoms with Gasteiger partial charge in [0.25, 0.3) is 0 Å². The molecule has 1 aromatic rings. The van der Waals surface area contributed by atoms with Crippen molar-refractivity contribution in [2.75, 3.05) is 18.6 Å². The smallest absolute Gasteiger partial charge is 0.340 e. The number of amides is 1. The number of carbonyl (C=O) groups is 2. The van der Waals surface area contributed by atoms with Crippen molar-refractivity contribution in [2.24, 2.45) is 11.8 Å². The van der Waals surface area contributed by atoms with Crippen LogP contribution in [0.5, 0.6) is 5.75 Å². The third-order valence-corrected chi connectivity index (χ3v) is 6.66. The van der Waals surface area contributed by atoms with Crippen LogP contribution in [0.3, 0.4) is 0 Å². The van der Waals surface area contributed by atoms with Crippen LogP contribution in [0, 0.1) is 11.8 Å². The van der Waals surface area contributed by atoms with Gasteiger partial charge in [-0.25, -0.2) is 4.79 Å². The van der Waals surface area contributed by atoms with Gasteiger partial charge in [0.05, 0.1) is 24.5 Å². The molecule has 0 bridgehead atoms. The lowest BCUT2D eigenvalue weighted by Gasteiger charge is -2.40. The molecule has 1 N–H and O–H groups in total. The van der Waals surface area contributed by atoms with Crippen molar-refractivity contribution in [2.45, 2.75) is 77.4 Å². The number of anilines is 1. The standard InChI is InChI=1S/C24H35NO5/c1-4-30-20-12-9-18(10-13-20)25(23(27)17-7-5-16(2)6-8-17)22-14-11-19(26)15-21(22)24(28)29-3/h11,14-18,20,26H,4-10,12-13H2,1-3H3. The van der Waals surface area contributed by atoms with E-state index in [9.17, 15) is 14.7 Å². The molecular formula is C24H35NO5. The Balaban J connectivity index is 1.92. The number of nitrogens with zero attached hydrogens (tertiary/aromatic N) is 1. The average Bonchev–Trinajstić information content (AvgIpc) is 2.76. The highest BCUT2D eigenvalue weighted by atomic mass is 16.5. The molecule has 0 aromatic heterocycles. The number of benzene rings is 1. The summed E-state index contributed by atoms with van der Waals surface area (Å²) in [5, 5.41) is 9.96. The monoisotopic (exact) mass is 417 g/mol. The Bertz CT molecular complexity index is 733. The Morgan fingerprint density at radius 3 is 2.33 bits per heavy atom. The first-order chi connectivity index (χ1) is 14.4. The van der Waals surface area contributed by atoms with Crippen LogP contribution < -0.4 is 4.90 Å². The van der Waals surface area contributed by atoms with Gasteiger partial charge in [0.2, 0.25) is 5.91 Å². The lowest BCUT2D eigenvalue weighted by atomic mass is 9.81. The van der Waals surface area contributed by atoms with Crippen LogP contribution in [0.15, 0.2) is 18.2 Å². The molecule has 2 aliphatic rings. The summed E-state index contributed by atoms with van der Waals surface area (Å²) in [4.78, 5) is 28.0. The zero-order valence-electron chi connectivity index (χ0n) is 18.4. The van der Waals surface area contributed by atoms with E-state index < -0.39 is 5.97 Å². The summed E-state index contributed by atoms with van der Waals surface area (Å²) in [6.45, 7) is 4.94. The molecule has 6 heteroatoms. The highest BCUT2D eigenvalue weighted by Crippen LogP contribution is 2.37. The van der Waals surface area contributed by atoms with Crippen LogP contribution in [0.25, 0.3) is 0 Å². The molecule has 6 nitrogen and oxygen atoms in total. The first kappa shape index (κ1) is 22.6. The van der Waals surface area contributed by atoms with E-state index in [1.807, 2.05) is 11.8 Å². The summed E-state index contributed by atoms with van der Waals surface area (Å²) >= 11 is 0. The fraction of sp³-hybridized carbons (Fsp3) is 0.667. The van der Waals surface area contributed by atoms with E-state index in [1.165, 1.54) is 19.2 Å². The molecule has 2 saturated carbocycles. The third kappa shape index (κ3) is 5.15. The van der Waals surface area contributed by atoms with Crippen LogP contribution in [0.4, 0.5) is 5.69 Å².